The van der Waals surface area contributed by atoms with Crippen LogP contribution in [0.4, 0.5) is 4.39 Å². The van der Waals surface area contributed by atoms with Crippen LogP contribution in [0.2, 0.25) is 0 Å². The van der Waals surface area contributed by atoms with Crippen molar-refractivity contribution in [2.75, 3.05) is 7.05 Å². The Bertz CT molecular complexity index is 720. The molecule has 0 aliphatic carbocycles. The summed E-state index contributed by atoms with van der Waals surface area (Å²) < 4.78 is 39.8. The first-order chi connectivity index (χ1) is 9.95. The van der Waals surface area contributed by atoms with E-state index in [1.165, 1.54) is 19.2 Å². The molecule has 0 bridgehead atoms. The second-order valence-electron chi connectivity index (χ2n) is 4.55. The van der Waals surface area contributed by atoms with Crippen LogP contribution in [0.3, 0.4) is 0 Å². The molecule has 0 aliphatic rings. The highest BCUT2D eigenvalue weighted by Crippen LogP contribution is 2.20. The third kappa shape index (κ3) is 3.44. The number of rotatable bonds is 5. The van der Waals surface area contributed by atoms with E-state index in [1.807, 2.05) is 0 Å². The molecule has 1 aromatic carbocycles. The Kier molecular flexibility index (Phi) is 4.66. The van der Waals surface area contributed by atoms with Crippen LogP contribution in [0, 0.1) is 5.82 Å². The molecule has 2 aromatic rings. The van der Waals surface area contributed by atoms with E-state index in [9.17, 15) is 12.8 Å². The van der Waals surface area contributed by atoms with Crippen molar-refractivity contribution < 1.29 is 12.8 Å². The molecule has 0 fully saturated rings. The second kappa shape index (κ2) is 6.30. The summed E-state index contributed by atoms with van der Waals surface area (Å²) in [6.07, 6.45) is 1.58. The second-order valence-corrected chi connectivity index (χ2v) is 6.56. The summed E-state index contributed by atoms with van der Waals surface area (Å²) in [5.74, 6) is -0.800. The molecule has 1 heterocycles. The minimum atomic E-state index is -3.92. The molecule has 0 amide bonds. The molecular formula is C14H16FN3O2S. The average molecular weight is 309 g/mol. The molecule has 0 aliphatic heterocycles. The Labute approximate surface area is 123 Å². The van der Waals surface area contributed by atoms with Crippen LogP contribution < -0.4 is 5.73 Å². The molecule has 0 unspecified atom stereocenters. The Balaban J connectivity index is 2.29. The van der Waals surface area contributed by atoms with Crippen LogP contribution in [0.25, 0.3) is 0 Å². The maximum atomic E-state index is 14.0. The van der Waals surface area contributed by atoms with E-state index < -0.39 is 15.8 Å². The quantitative estimate of drug-likeness (QED) is 0.908. The largest absolute Gasteiger partial charge is 0.326 e. The van der Waals surface area contributed by atoms with Crippen LogP contribution in [0.5, 0.6) is 0 Å². The minimum Gasteiger partial charge on any atom is -0.326 e. The van der Waals surface area contributed by atoms with Crippen molar-refractivity contribution in [1.82, 2.24) is 9.29 Å². The molecule has 0 saturated heterocycles. The van der Waals surface area contributed by atoms with Crippen LogP contribution >= 0.6 is 0 Å². The number of benzene rings is 1. The average Bonchev–Trinajstić information content (AvgIpc) is 2.47. The number of sulfonamides is 1. The van der Waals surface area contributed by atoms with E-state index in [1.54, 1.807) is 24.4 Å². The van der Waals surface area contributed by atoms with Gasteiger partial charge in [0.2, 0.25) is 10.0 Å². The predicted molar refractivity (Wildman–Crippen MR) is 77.2 cm³/mol. The molecule has 1 aromatic heterocycles. The molecular weight excluding hydrogens is 293 g/mol. The highest BCUT2D eigenvalue weighted by molar-refractivity contribution is 7.89. The maximum Gasteiger partial charge on any atom is 0.246 e. The van der Waals surface area contributed by atoms with E-state index in [4.69, 9.17) is 5.73 Å². The molecule has 7 heteroatoms. The maximum absolute atomic E-state index is 14.0. The lowest BCUT2D eigenvalue weighted by atomic mass is 10.2. The zero-order valence-electron chi connectivity index (χ0n) is 11.5. The summed E-state index contributed by atoms with van der Waals surface area (Å²) in [7, 11) is -2.53. The van der Waals surface area contributed by atoms with Gasteiger partial charge in [0.05, 0.1) is 12.2 Å². The van der Waals surface area contributed by atoms with E-state index in [2.05, 4.69) is 4.98 Å². The first-order valence-electron chi connectivity index (χ1n) is 6.30. The van der Waals surface area contributed by atoms with Crippen molar-refractivity contribution in [3.05, 3.63) is 59.7 Å². The SMILES string of the molecule is CN(Cc1ccccn1)S(=O)(=O)c1ccc(CN)cc1F. The molecule has 0 atom stereocenters. The summed E-state index contributed by atoms with van der Waals surface area (Å²) >= 11 is 0. The number of halogens is 1. The fourth-order valence-electron chi connectivity index (χ4n) is 1.85. The van der Waals surface area contributed by atoms with Gasteiger partial charge in [-0.3, -0.25) is 4.98 Å². The summed E-state index contributed by atoms with van der Waals surface area (Å²) in [6, 6.07) is 9.09. The number of nitrogens with two attached hydrogens (primary N) is 1. The zero-order chi connectivity index (χ0) is 15.5. The van der Waals surface area contributed by atoms with Crippen molar-refractivity contribution in [2.24, 2.45) is 5.73 Å². The number of pyridine rings is 1. The first kappa shape index (κ1) is 15.6. The molecule has 21 heavy (non-hydrogen) atoms. The van der Waals surface area contributed by atoms with Crippen molar-refractivity contribution in [1.29, 1.82) is 0 Å². The number of hydrogen-bond donors (Lipinski definition) is 1. The third-order valence-corrected chi connectivity index (χ3v) is 4.87. The number of nitrogens with zero attached hydrogens (tertiary/aromatic N) is 2. The van der Waals surface area contributed by atoms with Crippen LogP contribution in [0.1, 0.15) is 11.3 Å². The number of hydrogen-bond acceptors (Lipinski definition) is 4. The standard InChI is InChI=1S/C14H16FN3O2S/c1-18(10-12-4-2-3-7-17-12)21(19,20)14-6-5-11(9-16)8-13(14)15/h2-8H,9-10,16H2,1H3. The van der Waals surface area contributed by atoms with E-state index in [0.29, 0.717) is 11.3 Å². The molecule has 0 spiro atoms. The Morgan fingerprint density at radius 2 is 2.05 bits per heavy atom. The smallest absolute Gasteiger partial charge is 0.246 e. The van der Waals surface area contributed by atoms with Crippen LogP contribution in [0.15, 0.2) is 47.5 Å². The van der Waals surface area contributed by atoms with E-state index in [-0.39, 0.29) is 18.0 Å². The van der Waals surface area contributed by atoms with Gasteiger partial charge in [-0.2, -0.15) is 4.31 Å². The van der Waals surface area contributed by atoms with E-state index in [0.717, 1.165) is 10.4 Å². The molecule has 0 radical (unpaired) electrons. The molecule has 5 nitrogen and oxygen atoms in total. The zero-order valence-corrected chi connectivity index (χ0v) is 12.3. The van der Waals surface area contributed by atoms with Crippen LogP contribution in [-0.4, -0.2) is 24.8 Å². The van der Waals surface area contributed by atoms with Gasteiger partial charge in [0.15, 0.2) is 0 Å². The van der Waals surface area contributed by atoms with Gasteiger partial charge in [-0.1, -0.05) is 12.1 Å². The van der Waals surface area contributed by atoms with Gasteiger partial charge in [-0.05, 0) is 29.8 Å². The topological polar surface area (TPSA) is 76.3 Å². The lowest BCUT2D eigenvalue weighted by Crippen LogP contribution is -2.27. The summed E-state index contributed by atoms with van der Waals surface area (Å²) in [5.41, 5.74) is 6.53. The Morgan fingerprint density at radius 1 is 1.29 bits per heavy atom. The summed E-state index contributed by atoms with van der Waals surface area (Å²) in [4.78, 5) is 3.70. The first-order valence-corrected chi connectivity index (χ1v) is 7.74. The lowest BCUT2D eigenvalue weighted by molar-refractivity contribution is 0.455. The van der Waals surface area contributed by atoms with Gasteiger partial charge in [0.25, 0.3) is 0 Å². The monoisotopic (exact) mass is 309 g/mol. The van der Waals surface area contributed by atoms with Crippen molar-refractivity contribution in [3.63, 3.8) is 0 Å². The minimum absolute atomic E-state index is 0.0707. The molecule has 2 N–H and O–H groups in total. The van der Waals surface area contributed by atoms with Gasteiger partial charge in [0, 0.05) is 19.8 Å². The fourth-order valence-corrected chi connectivity index (χ4v) is 3.04. The summed E-state index contributed by atoms with van der Waals surface area (Å²) in [5, 5.41) is 0. The Morgan fingerprint density at radius 3 is 2.62 bits per heavy atom. The normalized spacial score (nSPS) is 11.8. The van der Waals surface area contributed by atoms with Gasteiger partial charge in [-0.15, -0.1) is 0 Å². The molecule has 2 rings (SSSR count). The lowest BCUT2D eigenvalue weighted by Gasteiger charge is -2.17. The van der Waals surface area contributed by atoms with Crippen molar-refractivity contribution >= 4 is 10.0 Å². The van der Waals surface area contributed by atoms with Crippen molar-refractivity contribution in [2.45, 2.75) is 18.0 Å². The molecule has 0 saturated carbocycles. The van der Waals surface area contributed by atoms with Gasteiger partial charge in [0.1, 0.15) is 10.7 Å². The third-order valence-electron chi connectivity index (χ3n) is 3.03. The van der Waals surface area contributed by atoms with E-state index >= 15 is 0 Å². The Hall–Kier alpha value is -1.83. The van der Waals surface area contributed by atoms with Gasteiger partial charge >= 0.3 is 0 Å². The molecule has 112 valence electrons. The van der Waals surface area contributed by atoms with Gasteiger partial charge < -0.3 is 5.73 Å². The van der Waals surface area contributed by atoms with Gasteiger partial charge in [-0.25, -0.2) is 12.8 Å². The highest BCUT2D eigenvalue weighted by Gasteiger charge is 2.24. The summed E-state index contributed by atoms with van der Waals surface area (Å²) in [6.45, 7) is 0.224. The number of aromatic nitrogens is 1. The van der Waals surface area contributed by atoms with Crippen molar-refractivity contribution in [3.8, 4) is 0 Å². The fraction of sp³-hybridized carbons (Fsp3) is 0.214. The van der Waals surface area contributed by atoms with Crippen LogP contribution in [-0.2, 0) is 23.1 Å². The highest BCUT2D eigenvalue weighted by atomic mass is 32.2. The predicted octanol–water partition coefficient (Wildman–Crippen LogP) is 1.50.